The molecule has 13 aromatic rings. The predicted octanol–water partition coefficient (Wildman–Crippen LogP) is 18.7. The van der Waals surface area contributed by atoms with Gasteiger partial charge in [0.05, 0.1) is 22.3 Å². The molecule has 1 aliphatic carbocycles. The lowest BCUT2D eigenvalue weighted by Gasteiger charge is -2.34. The minimum Gasteiger partial charge on any atom is -0.310 e. The van der Waals surface area contributed by atoms with Crippen LogP contribution in [0.5, 0.6) is 0 Å². The fraction of sp³-hybridized carbons (Fsp3) is 0.0139. The molecule has 0 fully saturated rings. The molecule has 0 aliphatic heterocycles. The van der Waals surface area contributed by atoms with E-state index >= 15 is 0 Å². The highest BCUT2D eigenvalue weighted by Crippen LogP contribution is 2.60. The summed E-state index contributed by atoms with van der Waals surface area (Å²) < 4.78 is 2.20. The molecule has 14 rings (SSSR count). The van der Waals surface area contributed by atoms with Crippen molar-refractivity contribution in [3.63, 3.8) is 0 Å². The van der Waals surface area contributed by atoms with Gasteiger partial charge in [0.15, 0.2) is 0 Å². The van der Waals surface area contributed by atoms with Crippen molar-refractivity contribution in [3.05, 3.63) is 320 Å². The van der Waals surface area contributed by atoms with Gasteiger partial charge in [0.1, 0.15) is 5.69 Å². The van der Waals surface area contributed by atoms with E-state index in [0.29, 0.717) is 0 Å². The van der Waals surface area contributed by atoms with Crippen LogP contribution >= 0.6 is 0 Å². The van der Waals surface area contributed by atoms with Crippen molar-refractivity contribution in [1.29, 1.82) is 0 Å². The van der Waals surface area contributed by atoms with Crippen molar-refractivity contribution in [2.75, 3.05) is 4.90 Å². The van der Waals surface area contributed by atoms with Gasteiger partial charge in [0, 0.05) is 39.0 Å². The van der Waals surface area contributed by atoms with Crippen LogP contribution in [0.1, 0.15) is 22.3 Å². The van der Waals surface area contributed by atoms with Crippen LogP contribution in [0.25, 0.3) is 83.3 Å². The van der Waals surface area contributed by atoms with Crippen molar-refractivity contribution >= 4 is 33.4 Å². The first-order valence-electron chi connectivity index (χ1n) is 25.8. The van der Waals surface area contributed by atoms with Crippen LogP contribution in [-0.4, -0.2) is 9.61 Å². The second kappa shape index (κ2) is 18.3. The van der Waals surface area contributed by atoms with Crippen molar-refractivity contribution in [1.82, 2.24) is 9.61 Å². The average Bonchev–Trinajstić information content (AvgIpc) is 4.16. The van der Waals surface area contributed by atoms with E-state index < -0.39 is 5.41 Å². The maximum Gasteiger partial charge on any atom is 0.101 e. The Morgan fingerprint density at radius 1 is 0.333 bits per heavy atom. The number of hydrogen-bond acceptors (Lipinski definition) is 2. The Morgan fingerprint density at radius 2 is 0.827 bits per heavy atom. The molecule has 1 aliphatic rings. The zero-order valence-corrected chi connectivity index (χ0v) is 41.1. The SMILES string of the molecule is c1ccc(-c2cc(-c3ccccc3)cc(N(c3ccc4cc(-c5ccccc5)n5nc(-c6ccccc6)c(-c6ccccc6)c5c4c3)c3cccc4c3-c3ccccc3C4(c3ccccc3)c3ccccc3)c2)cc1. The second-order valence-electron chi connectivity index (χ2n) is 19.4. The molecule has 0 bridgehead atoms. The third kappa shape index (κ3) is 7.31. The molecule has 0 radical (unpaired) electrons. The Labute approximate surface area is 437 Å². The van der Waals surface area contributed by atoms with Gasteiger partial charge in [0.25, 0.3) is 0 Å². The summed E-state index contributed by atoms with van der Waals surface area (Å²) >= 11 is 0. The Balaban J connectivity index is 1.12. The molecule has 352 valence electrons. The van der Waals surface area contributed by atoms with E-state index in [2.05, 4.69) is 307 Å². The second-order valence-corrected chi connectivity index (χ2v) is 19.4. The van der Waals surface area contributed by atoms with Crippen LogP contribution in [0, 0.1) is 0 Å². The third-order valence-electron chi connectivity index (χ3n) is 15.2. The zero-order valence-electron chi connectivity index (χ0n) is 41.1. The number of fused-ring (bicyclic) bond motifs is 6. The van der Waals surface area contributed by atoms with Gasteiger partial charge in [-0.25, -0.2) is 4.52 Å². The molecule has 0 N–H and O–H groups in total. The number of hydrogen-bond donors (Lipinski definition) is 0. The van der Waals surface area contributed by atoms with Crippen molar-refractivity contribution in [3.8, 4) is 67.0 Å². The largest absolute Gasteiger partial charge is 0.310 e. The van der Waals surface area contributed by atoms with Crippen molar-refractivity contribution in [2.45, 2.75) is 5.41 Å². The Kier molecular flexibility index (Phi) is 10.7. The Morgan fingerprint density at radius 3 is 1.41 bits per heavy atom. The lowest BCUT2D eigenvalue weighted by atomic mass is 9.68. The number of anilines is 3. The molecule has 3 nitrogen and oxygen atoms in total. The molecule has 0 unspecified atom stereocenters. The van der Waals surface area contributed by atoms with Crippen LogP contribution in [0.3, 0.4) is 0 Å². The zero-order chi connectivity index (χ0) is 49.7. The third-order valence-corrected chi connectivity index (χ3v) is 15.2. The average molecular weight is 956 g/mol. The van der Waals surface area contributed by atoms with Crippen molar-refractivity contribution in [2.24, 2.45) is 0 Å². The van der Waals surface area contributed by atoms with Gasteiger partial charge >= 0.3 is 0 Å². The highest BCUT2D eigenvalue weighted by atomic mass is 15.2. The van der Waals surface area contributed by atoms with Crippen LogP contribution in [0.4, 0.5) is 17.1 Å². The van der Waals surface area contributed by atoms with Crippen LogP contribution in [0.2, 0.25) is 0 Å². The fourth-order valence-corrected chi connectivity index (χ4v) is 12.0. The fourth-order valence-electron chi connectivity index (χ4n) is 12.0. The lowest BCUT2D eigenvalue weighted by Crippen LogP contribution is -2.28. The summed E-state index contributed by atoms with van der Waals surface area (Å²) in [5.74, 6) is 0. The number of rotatable bonds is 10. The van der Waals surface area contributed by atoms with Gasteiger partial charge in [-0.2, -0.15) is 5.10 Å². The maximum atomic E-state index is 5.62. The molecule has 2 aromatic heterocycles. The first-order valence-corrected chi connectivity index (χ1v) is 25.8. The van der Waals surface area contributed by atoms with Gasteiger partial charge in [-0.15, -0.1) is 0 Å². The molecule has 11 aromatic carbocycles. The monoisotopic (exact) mass is 955 g/mol. The first kappa shape index (κ1) is 43.9. The van der Waals surface area contributed by atoms with E-state index in [1.165, 1.54) is 33.4 Å². The summed E-state index contributed by atoms with van der Waals surface area (Å²) in [6, 6.07) is 108. The van der Waals surface area contributed by atoms with E-state index in [0.717, 1.165) is 89.2 Å². The minimum absolute atomic E-state index is 0.587. The molecule has 2 heterocycles. The van der Waals surface area contributed by atoms with Gasteiger partial charge in [-0.05, 0) is 103 Å². The number of aromatic nitrogens is 2. The topological polar surface area (TPSA) is 20.5 Å². The van der Waals surface area contributed by atoms with Gasteiger partial charge in [-0.3, -0.25) is 0 Å². The van der Waals surface area contributed by atoms with Gasteiger partial charge in [0.2, 0.25) is 0 Å². The summed E-state index contributed by atoms with van der Waals surface area (Å²) in [4.78, 5) is 2.53. The van der Waals surface area contributed by atoms with Crippen LogP contribution in [-0.2, 0) is 5.41 Å². The lowest BCUT2D eigenvalue weighted by molar-refractivity contribution is 0.768. The maximum absolute atomic E-state index is 5.62. The Hall–Kier alpha value is -9.83. The normalized spacial score (nSPS) is 12.4. The highest BCUT2D eigenvalue weighted by molar-refractivity contribution is 6.10. The molecule has 0 spiro atoms. The van der Waals surface area contributed by atoms with Gasteiger partial charge in [-0.1, -0.05) is 255 Å². The highest BCUT2D eigenvalue weighted by Gasteiger charge is 2.47. The summed E-state index contributed by atoms with van der Waals surface area (Å²) in [6.45, 7) is 0. The molecular weight excluding hydrogens is 907 g/mol. The number of benzene rings is 11. The molecule has 0 saturated heterocycles. The van der Waals surface area contributed by atoms with Crippen LogP contribution in [0.15, 0.2) is 297 Å². The van der Waals surface area contributed by atoms with E-state index in [-0.39, 0.29) is 0 Å². The summed E-state index contributed by atoms with van der Waals surface area (Å²) in [5.41, 5.74) is 22.0. The summed E-state index contributed by atoms with van der Waals surface area (Å²) in [5, 5.41) is 7.84. The Bertz CT molecular complexity index is 4100. The summed E-state index contributed by atoms with van der Waals surface area (Å²) in [6.07, 6.45) is 0. The minimum atomic E-state index is -0.587. The van der Waals surface area contributed by atoms with Gasteiger partial charge < -0.3 is 4.90 Å². The van der Waals surface area contributed by atoms with Crippen LogP contribution < -0.4 is 4.90 Å². The van der Waals surface area contributed by atoms with Crippen molar-refractivity contribution < 1.29 is 0 Å². The standard InChI is InChI=1S/C72H49N3/c1-8-25-50(26-9-1)56-45-57(51-27-10-2-11-28-51)47-61(46-56)74(66-42-24-41-65-69(66)62-39-22-23-40-64(62)72(65,58-35-18-6-19-36-58)59-37-20-7-21-38-59)60-44-43-55-48-67(52-29-12-3-13-30-52)75-71(63(55)49-60)68(53-31-14-4-15-32-53)70(73-75)54-33-16-5-17-34-54/h1-49H. The molecule has 0 atom stereocenters. The quantitative estimate of drug-likeness (QED) is 0.136. The van der Waals surface area contributed by atoms with E-state index in [1.807, 2.05) is 0 Å². The summed E-state index contributed by atoms with van der Waals surface area (Å²) in [7, 11) is 0. The molecular formula is C72H49N3. The van der Waals surface area contributed by atoms with E-state index in [4.69, 9.17) is 5.10 Å². The molecule has 3 heteroatoms. The molecule has 0 amide bonds. The first-order chi connectivity index (χ1) is 37.2. The molecule has 75 heavy (non-hydrogen) atoms. The smallest absolute Gasteiger partial charge is 0.101 e. The molecule has 0 saturated carbocycles. The van der Waals surface area contributed by atoms with E-state index in [1.54, 1.807) is 0 Å². The number of pyridine rings is 1. The predicted molar refractivity (Wildman–Crippen MR) is 312 cm³/mol. The number of nitrogens with zero attached hydrogens (tertiary/aromatic N) is 3. The van der Waals surface area contributed by atoms with E-state index in [9.17, 15) is 0 Å².